The molecule has 5 nitrogen and oxygen atoms in total. The summed E-state index contributed by atoms with van der Waals surface area (Å²) in [6.45, 7) is 4.25. The Morgan fingerprint density at radius 2 is 2.37 bits per heavy atom. The van der Waals surface area contributed by atoms with Crippen molar-refractivity contribution in [1.29, 1.82) is 0 Å². The van der Waals surface area contributed by atoms with E-state index >= 15 is 0 Å². The largest absolute Gasteiger partial charge is 0.346 e. The Labute approximate surface area is 111 Å². The van der Waals surface area contributed by atoms with E-state index < -0.39 is 0 Å². The van der Waals surface area contributed by atoms with Crippen LogP contribution in [0.1, 0.15) is 24.7 Å². The average molecular weight is 255 g/mol. The molecule has 1 aliphatic rings. The molecule has 5 heteroatoms. The molecule has 1 fully saturated rings. The fourth-order valence-electron chi connectivity index (χ4n) is 3.21. The standard InChI is InChI=1S/C14H17N5/c1-9-18-12-8-17-14-11(4-6-16-14)13(12)19(9)10-3-2-5-15-7-10/h4,6,8,10,15H,2-3,5,7H2,1H3,(H,16,17)/t10-/m0/s1. The molecular formula is C14H17N5. The SMILES string of the molecule is Cc1nc2cnc3[nH]ccc3c2n1[C@H]1CCCNC1. The Morgan fingerprint density at radius 1 is 1.42 bits per heavy atom. The summed E-state index contributed by atoms with van der Waals surface area (Å²) in [5, 5.41) is 4.65. The smallest absolute Gasteiger partial charge is 0.139 e. The van der Waals surface area contributed by atoms with Crippen LogP contribution in [0.5, 0.6) is 0 Å². The van der Waals surface area contributed by atoms with Crippen LogP contribution in [0.15, 0.2) is 18.5 Å². The van der Waals surface area contributed by atoms with Gasteiger partial charge in [0.25, 0.3) is 0 Å². The second kappa shape index (κ2) is 4.06. The van der Waals surface area contributed by atoms with Gasteiger partial charge in [-0.25, -0.2) is 9.97 Å². The number of fused-ring (bicyclic) bond motifs is 3. The zero-order chi connectivity index (χ0) is 12.8. The number of aromatic amines is 1. The third-order valence-electron chi connectivity index (χ3n) is 4.05. The highest BCUT2D eigenvalue weighted by atomic mass is 15.1. The molecule has 1 saturated heterocycles. The number of aryl methyl sites for hydroxylation is 1. The molecule has 1 atom stereocenters. The van der Waals surface area contributed by atoms with Crippen LogP contribution in [-0.2, 0) is 0 Å². The van der Waals surface area contributed by atoms with Gasteiger partial charge < -0.3 is 14.9 Å². The van der Waals surface area contributed by atoms with Crippen LogP contribution in [0.3, 0.4) is 0 Å². The Morgan fingerprint density at radius 3 is 3.21 bits per heavy atom. The Kier molecular flexibility index (Phi) is 2.35. The second-order valence-corrected chi connectivity index (χ2v) is 5.26. The lowest BCUT2D eigenvalue weighted by atomic mass is 10.1. The van der Waals surface area contributed by atoms with Crippen molar-refractivity contribution in [2.24, 2.45) is 0 Å². The number of aromatic nitrogens is 4. The second-order valence-electron chi connectivity index (χ2n) is 5.26. The molecule has 0 spiro atoms. The molecule has 19 heavy (non-hydrogen) atoms. The molecule has 0 saturated carbocycles. The summed E-state index contributed by atoms with van der Waals surface area (Å²) in [4.78, 5) is 12.3. The van der Waals surface area contributed by atoms with Crippen molar-refractivity contribution in [2.75, 3.05) is 13.1 Å². The molecule has 0 aliphatic carbocycles. The van der Waals surface area contributed by atoms with E-state index in [1.54, 1.807) is 0 Å². The van der Waals surface area contributed by atoms with Gasteiger partial charge in [-0.2, -0.15) is 0 Å². The number of imidazole rings is 1. The lowest BCUT2D eigenvalue weighted by Gasteiger charge is -2.26. The summed E-state index contributed by atoms with van der Waals surface area (Å²) in [7, 11) is 0. The summed E-state index contributed by atoms with van der Waals surface area (Å²) in [6.07, 6.45) is 6.26. The number of hydrogen-bond donors (Lipinski definition) is 2. The zero-order valence-corrected chi connectivity index (χ0v) is 11.0. The van der Waals surface area contributed by atoms with E-state index in [1.807, 2.05) is 12.4 Å². The minimum Gasteiger partial charge on any atom is -0.346 e. The number of nitrogens with zero attached hydrogens (tertiary/aromatic N) is 3. The van der Waals surface area contributed by atoms with Crippen LogP contribution in [-0.4, -0.2) is 32.6 Å². The fourth-order valence-corrected chi connectivity index (χ4v) is 3.21. The third-order valence-corrected chi connectivity index (χ3v) is 4.05. The highest BCUT2D eigenvalue weighted by molar-refractivity contribution is 6.01. The van der Waals surface area contributed by atoms with E-state index in [1.165, 1.54) is 23.7 Å². The maximum Gasteiger partial charge on any atom is 0.139 e. The van der Waals surface area contributed by atoms with Crippen LogP contribution in [0.25, 0.3) is 22.1 Å². The van der Waals surface area contributed by atoms with Gasteiger partial charge in [0.15, 0.2) is 0 Å². The van der Waals surface area contributed by atoms with Gasteiger partial charge in [-0.15, -0.1) is 0 Å². The number of H-pyrrole nitrogens is 1. The van der Waals surface area contributed by atoms with Crippen molar-refractivity contribution in [1.82, 2.24) is 24.8 Å². The average Bonchev–Trinajstić information content (AvgIpc) is 3.02. The van der Waals surface area contributed by atoms with Gasteiger partial charge in [-0.3, -0.25) is 0 Å². The van der Waals surface area contributed by atoms with E-state index in [2.05, 4.69) is 37.8 Å². The van der Waals surface area contributed by atoms with Crippen molar-refractivity contribution in [3.8, 4) is 0 Å². The molecule has 0 aromatic carbocycles. The summed E-state index contributed by atoms with van der Waals surface area (Å²) < 4.78 is 2.39. The minimum absolute atomic E-state index is 0.499. The number of nitrogens with one attached hydrogen (secondary N) is 2. The highest BCUT2D eigenvalue weighted by Gasteiger charge is 2.21. The monoisotopic (exact) mass is 255 g/mol. The topological polar surface area (TPSA) is 58.5 Å². The van der Waals surface area contributed by atoms with Gasteiger partial charge >= 0.3 is 0 Å². The number of hydrogen-bond acceptors (Lipinski definition) is 3. The third kappa shape index (κ3) is 1.58. The summed E-state index contributed by atoms with van der Waals surface area (Å²) >= 11 is 0. The van der Waals surface area contributed by atoms with E-state index in [-0.39, 0.29) is 0 Å². The molecule has 98 valence electrons. The molecule has 0 bridgehead atoms. The van der Waals surface area contributed by atoms with Crippen molar-refractivity contribution in [3.63, 3.8) is 0 Å². The first-order valence-electron chi connectivity index (χ1n) is 6.86. The predicted octanol–water partition coefficient (Wildman–Crippen LogP) is 2.15. The molecule has 0 amide bonds. The highest BCUT2D eigenvalue weighted by Crippen LogP contribution is 2.29. The van der Waals surface area contributed by atoms with Crippen molar-refractivity contribution in [3.05, 3.63) is 24.3 Å². The molecule has 4 rings (SSSR count). The first-order valence-corrected chi connectivity index (χ1v) is 6.86. The lowest BCUT2D eigenvalue weighted by Crippen LogP contribution is -2.32. The Bertz CT molecular complexity index is 733. The summed E-state index contributed by atoms with van der Waals surface area (Å²) in [5.74, 6) is 1.08. The maximum atomic E-state index is 4.68. The van der Waals surface area contributed by atoms with E-state index in [4.69, 9.17) is 0 Å². The Hall–Kier alpha value is -1.88. The van der Waals surface area contributed by atoms with Crippen LogP contribution in [0, 0.1) is 6.92 Å². The molecule has 3 aromatic rings. The van der Waals surface area contributed by atoms with E-state index in [0.29, 0.717) is 6.04 Å². The molecule has 0 radical (unpaired) electrons. The minimum atomic E-state index is 0.499. The lowest BCUT2D eigenvalue weighted by molar-refractivity contribution is 0.373. The van der Waals surface area contributed by atoms with Crippen molar-refractivity contribution >= 4 is 22.1 Å². The van der Waals surface area contributed by atoms with E-state index in [0.717, 1.165) is 30.1 Å². The number of piperidine rings is 1. The Balaban J connectivity index is 2.01. The van der Waals surface area contributed by atoms with Crippen LogP contribution >= 0.6 is 0 Å². The maximum absolute atomic E-state index is 4.68. The van der Waals surface area contributed by atoms with Gasteiger partial charge in [0.05, 0.1) is 11.7 Å². The van der Waals surface area contributed by atoms with Gasteiger partial charge in [0, 0.05) is 24.2 Å². The van der Waals surface area contributed by atoms with Crippen LogP contribution in [0.2, 0.25) is 0 Å². The van der Waals surface area contributed by atoms with Crippen molar-refractivity contribution < 1.29 is 0 Å². The first kappa shape index (κ1) is 11.0. The molecule has 1 aliphatic heterocycles. The fraction of sp³-hybridized carbons (Fsp3) is 0.429. The van der Waals surface area contributed by atoms with Gasteiger partial charge in [0.1, 0.15) is 17.0 Å². The van der Waals surface area contributed by atoms with E-state index in [9.17, 15) is 0 Å². The predicted molar refractivity (Wildman–Crippen MR) is 75.3 cm³/mol. The van der Waals surface area contributed by atoms with Crippen molar-refractivity contribution in [2.45, 2.75) is 25.8 Å². The quantitative estimate of drug-likeness (QED) is 0.700. The summed E-state index contributed by atoms with van der Waals surface area (Å²) in [5.41, 5.74) is 3.16. The normalized spacial score (nSPS) is 20.4. The zero-order valence-electron chi connectivity index (χ0n) is 11.0. The van der Waals surface area contributed by atoms with Gasteiger partial charge in [0.2, 0.25) is 0 Å². The first-order chi connectivity index (χ1) is 9.34. The summed E-state index contributed by atoms with van der Waals surface area (Å²) in [6, 6.07) is 2.60. The van der Waals surface area contributed by atoms with Crippen LogP contribution < -0.4 is 5.32 Å². The molecular weight excluding hydrogens is 238 g/mol. The number of rotatable bonds is 1. The van der Waals surface area contributed by atoms with Gasteiger partial charge in [-0.05, 0) is 32.4 Å². The molecule has 0 unspecified atom stereocenters. The molecule has 2 N–H and O–H groups in total. The molecule has 3 aromatic heterocycles. The number of pyridine rings is 1. The molecule has 4 heterocycles. The van der Waals surface area contributed by atoms with Gasteiger partial charge in [-0.1, -0.05) is 0 Å². The van der Waals surface area contributed by atoms with Crippen LogP contribution in [0.4, 0.5) is 0 Å².